The topological polar surface area (TPSA) is 58.2 Å². The molecule has 2 N–H and O–H groups in total. The van der Waals surface area contributed by atoms with Crippen molar-refractivity contribution in [3.63, 3.8) is 0 Å². The van der Waals surface area contributed by atoms with Crippen LogP contribution in [-0.2, 0) is 16.0 Å². The van der Waals surface area contributed by atoms with Crippen molar-refractivity contribution in [3.05, 3.63) is 35.4 Å². The van der Waals surface area contributed by atoms with Gasteiger partial charge < -0.3 is 10.6 Å². The van der Waals surface area contributed by atoms with Crippen LogP contribution in [0, 0.1) is 0 Å². The predicted octanol–water partition coefficient (Wildman–Crippen LogP) is 1.46. The van der Waals surface area contributed by atoms with Crippen molar-refractivity contribution >= 4 is 11.8 Å². The van der Waals surface area contributed by atoms with Gasteiger partial charge in [-0.05, 0) is 36.8 Å². The second-order valence-corrected chi connectivity index (χ2v) is 5.31. The number of hydrogen-bond acceptors (Lipinski definition) is 2. The molecule has 0 aromatic heterocycles. The van der Waals surface area contributed by atoms with Crippen LogP contribution in [0.3, 0.4) is 0 Å². The Morgan fingerprint density at radius 1 is 1.21 bits per heavy atom. The first kappa shape index (κ1) is 12.2. The second kappa shape index (κ2) is 5.03. The molecule has 3 rings (SSSR count). The number of hydrogen-bond donors (Lipinski definition) is 2. The van der Waals surface area contributed by atoms with Crippen molar-refractivity contribution < 1.29 is 9.59 Å². The Morgan fingerprint density at radius 3 is 2.84 bits per heavy atom. The fourth-order valence-electron chi connectivity index (χ4n) is 2.99. The third-order valence-corrected chi connectivity index (χ3v) is 4.00. The number of aryl methyl sites for hydroxylation is 1. The van der Waals surface area contributed by atoms with Gasteiger partial charge in [-0.1, -0.05) is 24.3 Å². The summed E-state index contributed by atoms with van der Waals surface area (Å²) in [6.07, 6.45) is 4.23. The minimum atomic E-state index is -0.346. The number of carbonyl (C=O) groups is 2. The van der Waals surface area contributed by atoms with Crippen LogP contribution in [0.5, 0.6) is 0 Å². The van der Waals surface area contributed by atoms with Gasteiger partial charge in [0, 0.05) is 6.42 Å². The van der Waals surface area contributed by atoms with E-state index in [4.69, 9.17) is 0 Å². The van der Waals surface area contributed by atoms with Crippen LogP contribution in [-0.4, -0.2) is 17.9 Å². The summed E-state index contributed by atoms with van der Waals surface area (Å²) < 4.78 is 0. The van der Waals surface area contributed by atoms with E-state index in [-0.39, 0.29) is 23.9 Å². The summed E-state index contributed by atoms with van der Waals surface area (Å²) in [5, 5.41) is 5.80. The smallest absolute Gasteiger partial charge is 0.243 e. The maximum absolute atomic E-state index is 12.1. The van der Waals surface area contributed by atoms with Crippen molar-refractivity contribution in [2.45, 2.75) is 44.2 Å². The number of nitrogens with one attached hydrogen (secondary N) is 2. The van der Waals surface area contributed by atoms with Crippen LogP contribution in [0.2, 0.25) is 0 Å². The van der Waals surface area contributed by atoms with Gasteiger partial charge in [0.2, 0.25) is 11.8 Å². The van der Waals surface area contributed by atoms with E-state index in [1.807, 2.05) is 12.1 Å². The van der Waals surface area contributed by atoms with E-state index in [0.29, 0.717) is 12.8 Å². The highest BCUT2D eigenvalue weighted by Crippen LogP contribution is 2.29. The SMILES string of the molecule is O=C1CC[C@@H](C(=O)N[C@H]2CCCc3ccccc32)N1. The van der Waals surface area contributed by atoms with Gasteiger partial charge in [0.05, 0.1) is 6.04 Å². The summed E-state index contributed by atoms with van der Waals surface area (Å²) in [7, 11) is 0. The molecule has 1 aliphatic carbocycles. The van der Waals surface area contributed by atoms with Gasteiger partial charge in [0.15, 0.2) is 0 Å². The fourth-order valence-corrected chi connectivity index (χ4v) is 2.99. The van der Waals surface area contributed by atoms with Crippen molar-refractivity contribution in [3.8, 4) is 0 Å². The fraction of sp³-hybridized carbons (Fsp3) is 0.467. The Labute approximate surface area is 112 Å². The van der Waals surface area contributed by atoms with Crippen LogP contribution in [0.25, 0.3) is 0 Å². The summed E-state index contributed by atoms with van der Waals surface area (Å²) in [5.74, 6) is -0.0725. The summed E-state index contributed by atoms with van der Waals surface area (Å²) in [4.78, 5) is 23.3. The van der Waals surface area contributed by atoms with E-state index in [9.17, 15) is 9.59 Å². The van der Waals surface area contributed by atoms with E-state index >= 15 is 0 Å². The van der Waals surface area contributed by atoms with Crippen molar-refractivity contribution in [1.82, 2.24) is 10.6 Å². The molecule has 19 heavy (non-hydrogen) atoms. The third-order valence-electron chi connectivity index (χ3n) is 4.00. The minimum absolute atomic E-state index is 0.0239. The molecule has 0 bridgehead atoms. The highest BCUT2D eigenvalue weighted by molar-refractivity contribution is 5.91. The molecule has 1 fully saturated rings. The average Bonchev–Trinajstić information content (AvgIpc) is 2.86. The lowest BCUT2D eigenvalue weighted by Crippen LogP contribution is -2.43. The Balaban J connectivity index is 1.71. The van der Waals surface area contributed by atoms with E-state index in [1.54, 1.807) is 0 Å². The van der Waals surface area contributed by atoms with Crippen LogP contribution >= 0.6 is 0 Å². The zero-order valence-corrected chi connectivity index (χ0v) is 10.8. The first-order valence-electron chi connectivity index (χ1n) is 6.91. The summed E-state index contributed by atoms with van der Waals surface area (Å²) in [6, 6.07) is 8.02. The largest absolute Gasteiger partial charge is 0.348 e. The molecular formula is C15H18N2O2. The first-order chi connectivity index (χ1) is 9.24. The Hall–Kier alpha value is -1.84. The molecule has 2 amide bonds. The minimum Gasteiger partial charge on any atom is -0.348 e. The number of fused-ring (bicyclic) bond motifs is 1. The van der Waals surface area contributed by atoms with Crippen LogP contribution in [0.15, 0.2) is 24.3 Å². The molecule has 1 heterocycles. The lowest BCUT2D eigenvalue weighted by molar-refractivity contribution is -0.126. The number of carbonyl (C=O) groups excluding carboxylic acids is 2. The molecule has 4 nitrogen and oxygen atoms in total. The summed E-state index contributed by atoms with van der Waals surface area (Å²) in [5.41, 5.74) is 2.56. The molecule has 2 aliphatic rings. The van der Waals surface area contributed by atoms with Gasteiger partial charge >= 0.3 is 0 Å². The van der Waals surface area contributed by atoms with Gasteiger partial charge in [0.1, 0.15) is 6.04 Å². The monoisotopic (exact) mass is 258 g/mol. The maximum atomic E-state index is 12.1. The molecule has 0 radical (unpaired) electrons. The Bertz CT molecular complexity index is 513. The molecule has 0 spiro atoms. The van der Waals surface area contributed by atoms with Gasteiger partial charge in [0.25, 0.3) is 0 Å². The van der Waals surface area contributed by atoms with Crippen molar-refractivity contribution in [1.29, 1.82) is 0 Å². The van der Waals surface area contributed by atoms with Gasteiger partial charge in [-0.15, -0.1) is 0 Å². The van der Waals surface area contributed by atoms with Crippen molar-refractivity contribution in [2.24, 2.45) is 0 Å². The third kappa shape index (κ3) is 2.48. The molecule has 1 aromatic rings. The van der Waals surface area contributed by atoms with Gasteiger partial charge in [-0.2, -0.15) is 0 Å². The lowest BCUT2D eigenvalue weighted by Gasteiger charge is -2.27. The second-order valence-electron chi connectivity index (χ2n) is 5.31. The maximum Gasteiger partial charge on any atom is 0.243 e. The Morgan fingerprint density at radius 2 is 2.05 bits per heavy atom. The number of rotatable bonds is 2. The Kier molecular flexibility index (Phi) is 3.23. The first-order valence-corrected chi connectivity index (χ1v) is 6.91. The molecule has 0 saturated carbocycles. The normalized spacial score (nSPS) is 25.6. The van der Waals surface area contributed by atoms with Gasteiger partial charge in [-0.3, -0.25) is 9.59 Å². The standard InChI is InChI=1S/C15H18N2O2/c18-14-9-8-13(16-14)15(19)17-12-7-3-5-10-4-1-2-6-11(10)12/h1-2,4,6,12-13H,3,5,7-9H2,(H,16,18)(H,17,19)/t12-,13-/m0/s1. The molecule has 2 atom stereocenters. The molecule has 0 unspecified atom stereocenters. The summed E-state index contributed by atoms with van der Waals surface area (Å²) >= 11 is 0. The average molecular weight is 258 g/mol. The zero-order valence-electron chi connectivity index (χ0n) is 10.8. The number of amides is 2. The van der Waals surface area contributed by atoms with E-state index < -0.39 is 0 Å². The van der Waals surface area contributed by atoms with E-state index in [2.05, 4.69) is 22.8 Å². The van der Waals surface area contributed by atoms with E-state index in [1.165, 1.54) is 11.1 Å². The molecule has 100 valence electrons. The molecular weight excluding hydrogens is 240 g/mol. The van der Waals surface area contributed by atoms with Crippen LogP contribution in [0.1, 0.15) is 42.9 Å². The molecule has 4 heteroatoms. The predicted molar refractivity (Wildman–Crippen MR) is 71.4 cm³/mol. The quantitative estimate of drug-likeness (QED) is 0.843. The lowest BCUT2D eigenvalue weighted by atomic mass is 9.87. The number of benzene rings is 1. The van der Waals surface area contributed by atoms with Gasteiger partial charge in [-0.25, -0.2) is 0 Å². The highest BCUT2D eigenvalue weighted by Gasteiger charge is 2.30. The molecule has 1 aliphatic heterocycles. The van der Waals surface area contributed by atoms with Crippen LogP contribution in [0.4, 0.5) is 0 Å². The van der Waals surface area contributed by atoms with Crippen molar-refractivity contribution in [2.75, 3.05) is 0 Å². The molecule has 1 aromatic carbocycles. The van der Waals surface area contributed by atoms with E-state index in [0.717, 1.165) is 19.3 Å². The molecule has 1 saturated heterocycles. The zero-order chi connectivity index (χ0) is 13.2. The van der Waals surface area contributed by atoms with Crippen LogP contribution < -0.4 is 10.6 Å². The highest BCUT2D eigenvalue weighted by atomic mass is 16.2. The summed E-state index contributed by atoms with van der Waals surface area (Å²) in [6.45, 7) is 0.